The SMILES string of the molecule is CCc1ccc(C(=N)c2cnc(Nc3cc(C(F)(F)F)cc(C(F)(F)F)c3)nc2NC2CCCCC2)cc1. The fraction of sp³-hybridized carbons (Fsp3) is 0.370. The largest absolute Gasteiger partial charge is 0.416 e. The monoisotopic (exact) mass is 535 g/mol. The van der Waals surface area contributed by atoms with Crippen molar-refractivity contribution < 1.29 is 26.3 Å². The molecule has 0 spiro atoms. The summed E-state index contributed by atoms with van der Waals surface area (Å²) in [6, 6.07) is 8.78. The van der Waals surface area contributed by atoms with E-state index in [0.29, 0.717) is 29.1 Å². The van der Waals surface area contributed by atoms with E-state index < -0.39 is 29.2 Å². The van der Waals surface area contributed by atoms with Gasteiger partial charge in [-0.2, -0.15) is 31.3 Å². The van der Waals surface area contributed by atoms with Crippen molar-refractivity contribution in [3.63, 3.8) is 0 Å². The first-order valence-electron chi connectivity index (χ1n) is 12.3. The van der Waals surface area contributed by atoms with E-state index in [9.17, 15) is 26.3 Å². The lowest BCUT2D eigenvalue weighted by molar-refractivity contribution is -0.143. The smallest absolute Gasteiger partial charge is 0.367 e. The van der Waals surface area contributed by atoms with Crippen LogP contribution >= 0.6 is 0 Å². The van der Waals surface area contributed by atoms with E-state index in [4.69, 9.17) is 5.41 Å². The van der Waals surface area contributed by atoms with E-state index in [2.05, 4.69) is 20.6 Å². The molecule has 1 fully saturated rings. The van der Waals surface area contributed by atoms with Gasteiger partial charge in [0.2, 0.25) is 5.95 Å². The van der Waals surface area contributed by atoms with E-state index in [1.165, 1.54) is 6.20 Å². The summed E-state index contributed by atoms with van der Waals surface area (Å²) in [5, 5.41) is 14.6. The number of anilines is 3. The van der Waals surface area contributed by atoms with Gasteiger partial charge in [0.1, 0.15) is 5.82 Å². The second kappa shape index (κ2) is 11.0. The zero-order valence-electron chi connectivity index (χ0n) is 20.6. The van der Waals surface area contributed by atoms with E-state index in [1.807, 2.05) is 31.2 Å². The number of aryl methyl sites for hydroxylation is 1. The summed E-state index contributed by atoms with van der Waals surface area (Å²) in [5.41, 5.74) is -1.06. The first kappa shape index (κ1) is 27.4. The Morgan fingerprint density at radius 2 is 1.53 bits per heavy atom. The highest BCUT2D eigenvalue weighted by Gasteiger charge is 2.37. The molecule has 1 aliphatic rings. The van der Waals surface area contributed by atoms with Crippen LogP contribution in [0, 0.1) is 5.41 Å². The topological polar surface area (TPSA) is 73.7 Å². The van der Waals surface area contributed by atoms with Crippen LogP contribution in [0.1, 0.15) is 66.8 Å². The molecule has 4 rings (SSSR count). The molecule has 3 N–H and O–H groups in total. The van der Waals surface area contributed by atoms with Crippen molar-refractivity contribution in [2.24, 2.45) is 0 Å². The summed E-state index contributed by atoms with van der Waals surface area (Å²) in [4.78, 5) is 8.52. The minimum absolute atomic E-state index is 0.0658. The minimum atomic E-state index is -4.97. The number of rotatable bonds is 7. The minimum Gasteiger partial charge on any atom is -0.367 e. The Kier molecular flexibility index (Phi) is 7.94. The number of aromatic nitrogens is 2. The average Bonchev–Trinajstić information content (AvgIpc) is 2.88. The molecule has 0 bridgehead atoms. The third kappa shape index (κ3) is 6.62. The summed E-state index contributed by atoms with van der Waals surface area (Å²) in [6.45, 7) is 2.02. The Bertz CT molecular complexity index is 1250. The fourth-order valence-electron chi connectivity index (χ4n) is 4.39. The average molecular weight is 536 g/mol. The van der Waals surface area contributed by atoms with Gasteiger partial charge in [0, 0.05) is 23.5 Å². The van der Waals surface area contributed by atoms with Crippen LogP contribution in [0.4, 0.5) is 43.8 Å². The van der Waals surface area contributed by atoms with Gasteiger partial charge in [-0.05, 0) is 43.0 Å². The Morgan fingerprint density at radius 3 is 2.08 bits per heavy atom. The lowest BCUT2D eigenvalue weighted by Crippen LogP contribution is -2.25. The lowest BCUT2D eigenvalue weighted by Gasteiger charge is -2.25. The van der Waals surface area contributed by atoms with Gasteiger partial charge in [0.15, 0.2) is 0 Å². The molecule has 0 saturated heterocycles. The first-order chi connectivity index (χ1) is 17.9. The summed E-state index contributed by atoms with van der Waals surface area (Å²) in [6.07, 6.45) is -2.84. The molecule has 11 heteroatoms. The van der Waals surface area contributed by atoms with Crippen LogP contribution in [0.25, 0.3) is 0 Å². The molecule has 2 aromatic carbocycles. The second-order valence-corrected chi connectivity index (χ2v) is 9.28. The third-order valence-corrected chi connectivity index (χ3v) is 6.50. The van der Waals surface area contributed by atoms with Gasteiger partial charge in [-0.3, -0.25) is 5.41 Å². The number of nitrogens with one attached hydrogen (secondary N) is 3. The molecule has 38 heavy (non-hydrogen) atoms. The van der Waals surface area contributed by atoms with Gasteiger partial charge >= 0.3 is 12.4 Å². The highest BCUT2D eigenvalue weighted by atomic mass is 19.4. The van der Waals surface area contributed by atoms with Crippen molar-refractivity contribution in [3.05, 3.63) is 76.5 Å². The normalized spacial score (nSPS) is 14.8. The zero-order valence-corrected chi connectivity index (χ0v) is 20.6. The van der Waals surface area contributed by atoms with Gasteiger partial charge < -0.3 is 10.6 Å². The second-order valence-electron chi connectivity index (χ2n) is 9.28. The molecule has 0 aliphatic heterocycles. The molecular weight excluding hydrogens is 508 g/mol. The van der Waals surface area contributed by atoms with Crippen molar-refractivity contribution in [1.82, 2.24) is 9.97 Å². The van der Waals surface area contributed by atoms with Gasteiger partial charge in [0.05, 0.1) is 22.4 Å². The molecule has 1 aromatic heterocycles. The van der Waals surface area contributed by atoms with Crippen molar-refractivity contribution >= 4 is 23.2 Å². The van der Waals surface area contributed by atoms with Gasteiger partial charge in [0.25, 0.3) is 0 Å². The van der Waals surface area contributed by atoms with Crippen LogP contribution in [0.3, 0.4) is 0 Å². The Morgan fingerprint density at radius 1 is 0.921 bits per heavy atom. The summed E-state index contributed by atoms with van der Waals surface area (Å²) < 4.78 is 79.7. The predicted octanol–water partition coefficient (Wildman–Crippen LogP) is 7.98. The predicted molar refractivity (Wildman–Crippen MR) is 134 cm³/mol. The van der Waals surface area contributed by atoms with Crippen LogP contribution < -0.4 is 10.6 Å². The van der Waals surface area contributed by atoms with Crippen LogP contribution in [0.2, 0.25) is 0 Å². The Balaban J connectivity index is 1.70. The maximum absolute atomic E-state index is 13.3. The molecule has 3 aromatic rings. The molecule has 202 valence electrons. The summed E-state index contributed by atoms with van der Waals surface area (Å²) in [7, 11) is 0. The van der Waals surface area contributed by atoms with E-state index in [-0.39, 0.29) is 23.8 Å². The van der Waals surface area contributed by atoms with Crippen LogP contribution in [0.15, 0.2) is 48.7 Å². The molecule has 0 amide bonds. The lowest BCUT2D eigenvalue weighted by atomic mass is 9.95. The fourth-order valence-corrected chi connectivity index (χ4v) is 4.39. The van der Waals surface area contributed by atoms with Crippen molar-refractivity contribution in [1.29, 1.82) is 5.41 Å². The van der Waals surface area contributed by atoms with Gasteiger partial charge in [-0.25, -0.2) is 4.98 Å². The molecule has 1 aliphatic carbocycles. The number of alkyl halides is 6. The number of hydrogen-bond acceptors (Lipinski definition) is 5. The number of hydrogen-bond donors (Lipinski definition) is 3. The maximum atomic E-state index is 13.3. The molecule has 0 atom stereocenters. The maximum Gasteiger partial charge on any atom is 0.416 e. The van der Waals surface area contributed by atoms with Crippen molar-refractivity contribution in [3.8, 4) is 0 Å². The van der Waals surface area contributed by atoms with E-state index >= 15 is 0 Å². The molecule has 5 nitrogen and oxygen atoms in total. The summed E-state index contributed by atoms with van der Waals surface area (Å²) >= 11 is 0. The first-order valence-corrected chi connectivity index (χ1v) is 12.3. The molecule has 0 unspecified atom stereocenters. The van der Waals surface area contributed by atoms with Crippen LogP contribution in [-0.2, 0) is 18.8 Å². The van der Waals surface area contributed by atoms with E-state index in [1.54, 1.807) is 0 Å². The highest BCUT2D eigenvalue weighted by molar-refractivity contribution is 6.13. The molecule has 1 saturated carbocycles. The molecule has 0 radical (unpaired) electrons. The highest BCUT2D eigenvalue weighted by Crippen LogP contribution is 2.38. The van der Waals surface area contributed by atoms with Crippen LogP contribution in [0.5, 0.6) is 0 Å². The third-order valence-electron chi connectivity index (χ3n) is 6.50. The van der Waals surface area contributed by atoms with Gasteiger partial charge in [-0.1, -0.05) is 50.5 Å². The number of halogens is 6. The Labute approximate surface area is 216 Å². The number of nitrogens with zero attached hydrogens (tertiary/aromatic N) is 2. The molecular formula is C27H27F6N5. The number of benzene rings is 2. The van der Waals surface area contributed by atoms with Crippen LogP contribution in [-0.4, -0.2) is 21.7 Å². The quantitative estimate of drug-likeness (QED) is 0.212. The van der Waals surface area contributed by atoms with E-state index in [0.717, 1.165) is 44.1 Å². The standard InChI is InChI=1S/C27H27F6N5/c1-2-16-8-10-17(11-9-16)23(34)22-15-35-25(38-24(22)36-20-6-4-3-5-7-20)37-21-13-18(26(28,29)30)12-19(14-21)27(31,32)33/h8-15,20,34H,2-7H2,1H3,(H2,35,36,37,38). The zero-order chi connectivity index (χ0) is 27.5. The molecule has 1 heterocycles. The van der Waals surface area contributed by atoms with Gasteiger partial charge in [-0.15, -0.1) is 0 Å². The summed E-state index contributed by atoms with van der Waals surface area (Å²) in [5.74, 6) is 0.107. The van der Waals surface area contributed by atoms with Crippen molar-refractivity contribution in [2.75, 3.05) is 10.6 Å². The van der Waals surface area contributed by atoms with Crippen molar-refractivity contribution in [2.45, 2.75) is 63.8 Å². The Hall–Kier alpha value is -3.63.